The Morgan fingerprint density at radius 3 is 2.90 bits per heavy atom. The quantitative estimate of drug-likeness (QED) is 0.530. The number of nitrogens with zero attached hydrogens (tertiary/aromatic N) is 1. The summed E-state index contributed by atoms with van der Waals surface area (Å²) in [4.78, 5) is 27.3. The summed E-state index contributed by atoms with van der Waals surface area (Å²) >= 11 is 0. The zero-order chi connectivity index (χ0) is 14.8. The molecule has 0 radical (unpaired) electrons. The minimum absolute atomic E-state index is 0.0210. The first-order valence-electron chi connectivity index (χ1n) is 6.30. The number of carbonyl (C=O) groups is 2. The van der Waals surface area contributed by atoms with Crippen LogP contribution in [0.25, 0.3) is 0 Å². The number of amides is 1. The van der Waals surface area contributed by atoms with Gasteiger partial charge in [-0.2, -0.15) is 0 Å². The number of anilines is 1. The van der Waals surface area contributed by atoms with Crippen molar-refractivity contribution in [1.82, 2.24) is 10.3 Å². The second kappa shape index (κ2) is 8.87. The summed E-state index contributed by atoms with van der Waals surface area (Å²) in [6.45, 7) is 2.91. The Hall–Kier alpha value is -2.15. The van der Waals surface area contributed by atoms with Gasteiger partial charge in [0, 0.05) is 19.9 Å². The van der Waals surface area contributed by atoms with Gasteiger partial charge in [-0.25, -0.2) is 9.78 Å². The molecule has 0 bridgehead atoms. The Morgan fingerprint density at radius 2 is 2.20 bits per heavy atom. The Labute approximate surface area is 117 Å². The highest BCUT2D eigenvalue weighted by Crippen LogP contribution is 2.12. The number of hydrogen-bond acceptors (Lipinski definition) is 6. The molecule has 20 heavy (non-hydrogen) atoms. The van der Waals surface area contributed by atoms with Crippen molar-refractivity contribution in [3.05, 3.63) is 23.9 Å². The number of methoxy groups -OCH3 is 1. The van der Waals surface area contributed by atoms with E-state index in [1.54, 1.807) is 26.2 Å². The van der Waals surface area contributed by atoms with Crippen LogP contribution >= 0.6 is 0 Å². The maximum atomic E-state index is 11.7. The molecule has 1 aromatic rings. The van der Waals surface area contributed by atoms with Gasteiger partial charge in [0.05, 0.1) is 19.8 Å². The van der Waals surface area contributed by atoms with E-state index in [-0.39, 0.29) is 19.1 Å². The lowest BCUT2D eigenvalue weighted by Crippen LogP contribution is -2.32. The van der Waals surface area contributed by atoms with Crippen LogP contribution < -0.4 is 10.6 Å². The Kier molecular flexibility index (Phi) is 7.05. The molecule has 2 N–H and O–H groups in total. The highest BCUT2D eigenvalue weighted by atomic mass is 16.5. The smallest absolute Gasteiger partial charge is 0.341 e. The molecule has 1 heterocycles. The molecule has 0 saturated carbocycles. The van der Waals surface area contributed by atoms with Gasteiger partial charge >= 0.3 is 5.97 Å². The maximum absolute atomic E-state index is 11.7. The molecule has 0 saturated heterocycles. The Morgan fingerprint density at radius 1 is 1.40 bits per heavy atom. The third kappa shape index (κ3) is 5.23. The molecule has 0 aliphatic heterocycles. The van der Waals surface area contributed by atoms with Gasteiger partial charge in [0.25, 0.3) is 0 Å². The number of ether oxygens (including phenoxy) is 2. The van der Waals surface area contributed by atoms with Crippen molar-refractivity contribution in [2.24, 2.45) is 0 Å². The average Bonchev–Trinajstić information content (AvgIpc) is 2.46. The van der Waals surface area contributed by atoms with E-state index in [1.165, 1.54) is 6.20 Å². The largest absolute Gasteiger partial charge is 0.462 e. The van der Waals surface area contributed by atoms with Gasteiger partial charge in [-0.1, -0.05) is 0 Å². The van der Waals surface area contributed by atoms with Crippen molar-refractivity contribution in [3.63, 3.8) is 0 Å². The first kappa shape index (κ1) is 15.9. The van der Waals surface area contributed by atoms with Crippen LogP contribution in [0.5, 0.6) is 0 Å². The van der Waals surface area contributed by atoms with Gasteiger partial charge in [0.15, 0.2) is 0 Å². The molecule has 1 amide bonds. The van der Waals surface area contributed by atoms with Gasteiger partial charge in [-0.15, -0.1) is 0 Å². The second-order valence-corrected chi connectivity index (χ2v) is 3.82. The third-order valence-corrected chi connectivity index (χ3v) is 2.35. The number of esters is 1. The molecular formula is C13H19N3O4. The summed E-state index contributed by atoms with van der Waals surface area (Å²) in [6, 6.07) is 3.23. The van der Waals surface area contributed by atoms with E-state index in [9.17, 15) is 9.59 Å². The van der Waals surface area contributed by atoms with Crippen molar-refractivity contribution in [2.45, 2.75) is 6.92 Å². The van der Waals surface area contributed by atoms with Crippen LogP contribution in [0.3, 0.4) is 0 Å². The molecular weight excluding hydrogens is 262 g/mol. The highest BCUT2D eigenvalue weighted by Gasteiger charge is 2.13. The topological polar surface area (TPSA) is 89.5 Å². The number of hydrogen-bond donors (Lipinski definition) is 2. The van der Waals surface area contributed by atoms with E-state index < -0.39 is 5.97 Å². The van der Waals surface area contributed by atoms with E-state index in [1.807, 2.05) is 0 Å². The lowest BCUT2D eigenvalue weighted by molar-refractivity contribution is -0.119. The standard InChI is InChI=1S/C13H19N3O4/c1-3-20-13(18)10-5-4-6-15-12(10)16-9-11(17)14-7-8-19-2/h4-6H,3,7-9H2,1-2H3,(H,14,17)(H,15,16). The predicted molar refractivity (Wildman–Crippen MR) is 73.6 cm³/mol. The maximum Gasteiger partial charge on any atom is 0.341 e. The van der Waals surface area contributed by atoms with E-state index >= 15 is 0 Å². The lowest BCUT2D eigenvalue weighted by atomic mass is 10.2. The van der Waals surface area contributed by atoms with Crippen LogP contribution in [0.4, 0.5) is 5.82 Å². The molecule has 1 rings (SSSR count). The number of pyridine rings is 1. The minimum Gasteiger partial charge on any atom is -0.462 e. The fourth-order valence-corrected chi connectivity index (χ4v) is 1.44. The van der Waals surface area contributed by atoms with Crippen LogP contribution in [-0.4, -0.2) is 50.3 Å². The highest BCUT2D eigenvalue weighted by molar-refractivity contribution is 5.95. The van der Waals surface area contributed by atoms with Crippen molar-refractivity contribution in [3.8, 4) is 0 Å². The summed E-state index contributed by atoms with van der Waals surface area (Å²) in [5.41, 5.74) is 0.305. The third-order valence-electron chi connectivity index (χ3n) is 2.35. The summed E-state index contributed by atoms with van der Waals surface area (Å²) in [7, 11) is 1.56. The van der Waals surface area contributed by atoms with Crippen LogP contribution in [0.15, 0.2) is 18.3 Å². The van der Waals surface area contributed by atoms with Crippen molar-refractivity contribution >= 4 is 17.7 Å². The molecule has 0 unspecified atom stereocenters. The second-order valence-electron chi connectivity index (χ2n) is 3.82. The molecule has 0 fully saturated rings. The van der Waals surface area contributed by atoms with Gasteiger partial charge in [0.1, 0.15) is 11.4 Å². The van der Waals surface area contributed by atoms with E-state index in [0.717, 1.165) is 0 Å². The molecule has 0 aliphatic carbocycles. The molecule has 0 atom stereocenters. The van der Waals surface area contributed by atoms with Gasteiger partial charge in [0.2, 0.25) is 5.91 Å². The van der Waals surface area contributed by atoms with Crippen LogP contribution in [0.2, 0.25) is 0 Å². The summed E-state index contributed by atoms with van der Waals surface area (Å²) < 4.78 is 9.74. The lowest BCUT2D eigenvalue weighted by Gasteiger charge is -2.10. The first-order chi connectivity index (χ1) is 9.69. The van der Waals surface area contributed by atoms with E-state index in [4.69, 9.17) is 9.47 Å². The SMILES string of the molecule is CCOC(=O)c1cccnc1NCC(=O)NCCOC. The number of rotatable bonds is 8. The number of carbonyl (C=O) groups excluding carboxylic acids is 2. The van der Waals surface area contributed by atoms with Crippen molar-refractivity contribution in [2.75, 3.05) is 38.7 Å². The first-order valence-corrected chi connectivity index (χ1v) is 6.30. The number of nitrogens with one attached hydrogen (secondary N) is 2. The average molecular weight is 281 g/mol. The predicted octanol–water partition coefficient (Wildman–Crippen LogP) is 0.433. The molecule has 7 nitrogen and oxygen atoms in total. The van der Waals surface area contributed by atoms with Gasteiger partial charge in [-0.3, -0.25) is 4.79 Å². The monoisotopic (exact) mass is 281 g/mol. The molecule has 0 aliphatic rings. The Bertz CT molecular complexity index is 451. The van der Waals surface area contributed by atoms with Crippen LogP contribution in [-0.2, 0) is 14.3 Å². The van der Waals surface area contributed by atoms with Gasteiger partial charge < -0.3 is 20.1 Å². The van der Waals surface area contributed by atoms with Gasteiger partial charge in [-0.05, 0) is 19.1 Å². The molecule has 0 aromatic carbocycles. The summed E-state index contributed by atoms with van der Waals surface area (Å²) in [5.74, 6) is -0.349. The van der Waals surface area contributed by atoms with Crippen LogP contribution in [0.1, 0.15) is 17.3 Å². The normalized spacial score (nSPS) is 9.90. The van der Waals surface area contributed by atoms with E-state index in [2.05, 4.69) is 15.6 Å². The fourth-order valence-electron chi connectivity index (χ4n) is 1.44. The summed E-state index contributed by atoms with van der Waals surface area (Å²) in [5, 5.41) is 5.47. The fraction of sp³-hybridized carbons (Fsp3) is 0.462. The molecule has 7 heteroatoms. The molecule has 0 spiro atoms. The number of aromatic nitrogens is 1. The molecule has 110 valence electrons. The van der Waals surface area contributed by atoms with E-state index in [0.29, 0.717) is 24.5 Å². The van der Waals surface area contributed by atoms with Crippen molar-refractivity contribution < 1.29 is 19.1 Å². The summed E-state index contributed by atoms with van der Waals surface area (Å²) in [6.07, 6.45) is 1.54. The zero-order valence-electron chi connectivity index (χ0n) is 11.6. The Balaban J connectivity index is 2.55. The van der Waals surface area contributed by atoms with Crippen molar-refractivity contribution in [1.29, 1.82) is 0 Å². The minimum atomic E-state index is -0.470. The molecule has 1 aromatic heterocycles. The van der Waals surface area contributed by atoms with Crippen LogP contribution in [0, 0.1) is 0 Å². The zero-order valence-corrected chi connectivity index (χ0v) is 11.6.